The average Bonchev–Trinajstić information content (AvgIpc) is 2.48. The van der Waals surface area contributed by atoms with Crippen molar-refractivity contribution in [2.75, 3.05) is 25.5 Å². The summed E-state index contributed by atoms with van der Waals surface area (Å²) in [5.41, 5.74) is 3.91. The Balaban J connectivity index is 2.09. The summed E-state index contributed by atoms with van der Waals surface area (Å²) in [4.78, 5) is 12.0. The van der Waals surface area contributed by atoms with Gasteiger partial charge in [-0.15, -0.1) is 0 Å². The van der Waals surface area contributed by atoms with Gasteiger partial charge in [-0.1, -0.05) is 36.4 Å². The number of hydrogen-bond acceptors (Lipinski definition) is 4. The third kappa shape index (κ3) is 3.77. The predicted molar refractivity (Wildman–Crippen MR) is 76.8 cm³/mol. The van der Waals surface area contributed by atoms with Gasteiger partial charge in [-0.05, 0) is 17.7 Å². The van der Waals surface area contributed by atoms with Gasteiger partial charge in [-0.3, -0.25) is 4.84 Å². The Labute approximate surface area is 114 Å². The Bertz CT molecular complexity index is 475. The Morgan fingerprint density at radius 2 is 1.89 bits per heavy atom. The number of pyridine rings is 1. The number of likely N-dealkylation sites (N-methyl/N-ethyl adjacent to an activating group) is 1. The molecular weight excluding hydrogens is 238 g/mol. The van der Waals surface area contributed by atoms with Gasteiger partial charge in [0.05, 0.1) is 6.54 Å². The van der Waals surface area contributed by atoms with Gasteiger partial charge in [0.25, 0.3) is 0 Å². The highest BCUT2D eigenvalue weighted by atomic mass is 16.7. The number of nitrogens with zero attached hydrogens (tertiary/aromatic N) is 2. The molecule has 1 atom stereocenters. The number of anilines is 1. The lowest BCUT2D eigenvalue weighted by molar-refractivity contribution is -0.00870. The highest BCUT2D eigenvalue weighted by molar-refractivity contribution is 5.37. The maximum atomic E-state index is 5.60. The molecule has 0 aliphatic carbocycles. The van der Waals surface area contributed by atoms with Crippen LogP contribution in [0.1, 0.15) is 11.7 Å². The number of hydrogen-bond donors (Lipinski definition) is 1. The van der Waals surface area contributed by atoms with Gasteiger partial charge in [0.15, 0.2) is 0 Å². The van der Waals surface area contributed by atoms with Crippen molar-refractivity contribution in [1.82, 2.24) is 10.5 Å². The largest absolute Gasteiger partial charge is 0.357 e. The second-order valence-corrected chi connectivity index (χ2v) is 4.29. The van der Waals surface area contributed by atoms with Crippen LogP contribution in [-0.2, 0) is 4.84 Å². The van der Waals surface area contributed by atoms with E-state index in [0.29, 0.717) is 0 Å². The summed E-state index contributed by atoms with van der Waals surface area (Å²) in [6.45, 7) is 0.724. The van der Waals surface area contributed by atoms with E-state index in [0.717, 1.165) is 17.9 Å². The molecule has 0 aliphatic rings. The van der Waals surface area contributed by atoms with E-state index in [2.05, 4.69) is 27.5 Å². The van der Waals surface area contributed by atoms with Crippen LogP contribution in [0.15, 0.2) is 54.7 Å². The summed E-state index contributed by atoms with van der Waals surface area (Å²) in [6.07, 6.45) is 1.75. The van der Waals surface area contributed by atoms with Gasteiger partial charge in [0.2, 0.25) is 0 Å². The van der Waals surface area contributed by atoms with Crippen molar-refractivity contribution in [1.29, 1.82) is 0 Å². The third-order valence-electron chi connectivity index (χ3n) is 2.91. The summed E-state index contributed by atoms with van der Waals surface area (Å²) in [7, 11) is 3.79. The van der Waals surface area contributed by atoms with E-state index in [1.165, 1.54) is 0 Å². The summed E-state index contributed by atoms with van der Waals surface area (Å²) in [5, 5.41) is 0. The molecule has 0 aliphatic heterocycles. The Hall–Kier alpha value is -1.91. The van der Waals surface area contributed by atoms with Crippen LogP contribution < -0.4 is 10.4 Å². The van der Waals surface area contributed by atoms with Crippen LogP contribution in [0.3, 0.4) is 0 Å². The molecule has 0 amide bonds. The molecule has 100 valence electrons. The topological polar surface area (TPSA) is 37.4 Å². The fourth-order valence-corrected chi connectivity index (χ4v) is 1.94. The summed E-state index contributed by atoms with van der Waals surface area (Å²) in [6, 6.07) is 16.0. The van der Waals surface area contributed by atoms with Crippen LogP contribution in [0.5, 0.6) is 0 Å². The molecular formula is C15H19N3O. The average molecular weight is 257 g/mol. The summed E-state index contributed by atoms with van der Waals surface area (Å²) < 4.78 is 0. The second kappa shape index (κ2) is 6.87. The molecule has 1 aromatic heterocycles. The predicted octanol–water partition coefficient (Wildman–Crippen LogP) is 2.41. The van der Waals surface area contributed by atoms with Crippen molar-refractivity contribution >= 4 is 5.82 Å². The lowest BCUT2D eigenvalue weighted by Crippen LogP contribution is -2.29. The molecule has 2 aromatic rings. The molecule has 0 saturated heterocycles. The maximum absolute atomic E-state index is 5.60. The van der Waals surface area contributed by atoms with E-state index in [9.17, 15) is 0 Å². The molecule has 0 radical (unpaired) electrons. The van der Waals surface area contributed by atoms with Gasteiger partial charge in [0.1, 0.15) is 11.9 Å². The molecule has 0 saturated carbocycles. The molecule has 0 spiro atoms. The molecule has 1 unspecified atom stereocenters. The van der Waals surface area contributed by atoms with Crippen LogP contribution >= 0.6 is 0 Å². The number of rotatable bonds is 6. The minimum absolute atomic E-state index is 0.0433. The number of hydroxylamine groups is 1. The third-order valence-corrected chi connectivity index (χ3v) is 2.91. The zero-order valence-corrected chi connectivity index (χ0v) is 11.3. The molecule has 4 nitrogen and oxygen atoms in total. The summed E-state index contributed by atoms with van der Waals surface area (Å²) >= 11 is 0. The Morgan fingerprint density at radius 3 is 2.53 bits per heavy atom. The Kier molecular flexibility index (Phi) is 4.89. The standard InChI is InChI=1S/C15H19N3O/c1-16-19-14(13-8-4-3-5-9-13)12-18(2)15-10-6-7-11-17-15/h3-11,14,16H,12H2,1-2H3. The van der Waals surface area contributed by atoms with E-state index >= 15 is 0 Å². The number of aromatic nitrogens is 1. The van der Waals surface area contributed by atoms with E-state index in [1.54, 1.807) is 13.2 Å². The highest BCUT2D eigenvalue weighted by Gasteiger charge is 2.15. The van der Waals surface area contributed by atoms with Gasteiger partial charge < -0.3 is 4.90 Å². The second-order valence-electron chi connectivity index (χ2n) is 4.29. The molecule has 1 N–H and O–H groups in total. The highest BCUT2D eigenvalue weighted by Crippen LogP contribution is 2.19. The molecule has 1 aromatic carbocycles. The Morgan fingerprint density at radius 1 is 1.16 bits per heavy atom. The smallest absolute Gasteiger partial charge is 0.128 e. The summed E-state index contributed by atoms with van der Waals surface area (Å²) in [5.74, 6) is 0.933. The minimum Gasteiger partial charge on any atom is -0.357 e. The molecule has 1 heterocycles. The van der Waals surface area contributed by atoms with Crippen molar-refractivity contribution in [3.05, 3.63) is 60.3 Å². The number of nitrogens with one attached hydrogen (secondary N) is 1. The van der Waals surface area contributed by atoms with Crippen LogP contribution in [0.2, 0.25) is 0 Å². The van der Waals surface area contributed by atoms with E-state index in [4.69, 9.17) is 4.84 Å². The van der Waals surface area contributed by atoms with Crippen LogP contribution in [0.4, 0.5) is 5.82 Å². The monoisotopic (exact) mass is 257 g/mol. The van der Waals surface area contributed by atoms with Crippen molar-refractivity contribution in [3.8, 4) is 0 Å². The SMILES string of the molecule is CNOC(CN(C)c1ccccn1)c1ccccc1. The first-order valence-corrected chi connectivity index (χ1v) is 6.30. The van der Waals surface area contributed by atoms with Crippen LogP contribution in [0, 0.1) is 0 Å². The first-order chi connectivity index (χ1) is 9.31. The maximum Gasteiger partial charge on any atom is 0.128 e. The van der Waals surface area contributed by atoms with Crippen molar-refractivity contribution < 1.29 is 4.84 Å². The lowest BCUT2D eigenvalue weighted by atomic mass is 10.1. The van der Waals surface area contributed by atoms with E-state index in [-0.39, 0.29) is 6.10 Å². The zero-order valence-electron chi connectivity index (χ0n) is 11.3. The zero-order chi connectivity index (χ0) is 13.5. The molecule has 0 bridgehead atoms. The van der Waals surface area contributed by atoms with Gasteiger partial charge in [0, 0.05) is 20.3 Å². The molecule has 0 fully saturated rings. The quantitative estimate of drug-likeness (QED) is 0.806. The van der Waals surface area contributed by atoms with E-state index < -0.39 is 0 Å². The molecule has 19 heavy (non-hydrogen) atoms. The van der Waals surface area contributed by atoms with Gasteiger partial charge in [-0.25, -0.2) is 10.5 Å². The first-order valence-electron chi connectivity index (χ1n) is 6.30. The fraction of sp³-hybridized carbons (Fsp3) is 0.267. The normalized spacial score (nSPS) is 12.1. The lowest BCUT2D eigenvalue weighted by Gasteiger charge is -2.24. The van der Waals surface area contributed by atoms with Crippen LogP contribution in [0.25, 0.3) is 0 Å². The fourth-order valence-electron chi connectivity index (χ4n) is 1.94. The van der Waals surface area contributed by atoms with Crippen molar-refractivity contribution in [2.45, 2.75) is 6.10 Å². The molecule has 4 heteroatoms. The van der Waals surface area contributed by atoms with E-state index in [1.807, 2.05) is 43.4 Å². The molecule has 2 rings (SSSR count). The minimum atomic E-state index is -0.0433. The van der Waals surface area contributed by atoms with Gasteiger partial charge in [-0.2, -0.15) is 0 Å². The van der Waals surface area contributed by atoms with Gasteiger partial charge >= 0.3 is 0 Å². The number of benzene rings is 1. The van der Waals surface area contributed by atoms with Crippen LogP contribution in [-0.4, -0.2) is 25.6 Å². The first kappa shape index (κ1) is 13.5. The van der Waals surface area contributed by atoms with Crippen molar-refractivity contribution in [2.24, 2.45) is 0 Å². The van der Waals surface area contributed by atoms with Crippen molar-refractivity contribution in [3.63, 3.8) is 0 Å².